The van der Waals surface area contributed by atoms with Crippen LogP contribution < -0.4 is 11.4 Å². The topological polar surface area (TPSA) is 148 Å². The van der Waals surface area contributed by atoms with Crippen LogP contribution in [0.1, 0.15) is 45.8 Å². The molecule has 1 aliphatic heterocycles. The van der Waals surface area contributed by atoms with Gasteiger partial charge in [-0.25, -0.2) is 4.79 Å². The Morgan fingerprint density at radius 2 is 1.96 bits per heavy atom. The Labute approximate surface area is 160 Å². The molecule has 1 aromatic rings. The fourth-order valence-electron chi connectivity index (χ4n) is 2.81. The second-order valence-electron chi connectivity index (χ2n) is 6.48. The van der Waals surface area contributed by atoms with Gasteiger partial charge in [-0.1, -0.05) is 26.7 Å². The molecule has 1 aliphatic rings. The molecule has 0 bridgehead atoms. The van der Waals surface area contributed by atoms with Crippen LogP contribution >= 0.6 is 0 Å². The third-order valence-electron chi connectivity index (χ3n) is 4.29. The lowest BCUT2D eigenvalue weighted by Gasteiger charge is -2.20. The Balaban J connectivity index is 0.000000336. The quantitative estimate of drug-likeness (QED) is 0.523. The zero-order valence-corrected chi connectivity index (χ0v) is 15.8. The number of aliphatic hydroxyl groups is 2. The molecule has 11 heteroatoms. The smallest absolute Gasteiger partial charge is 0.351 e. The number of hydrogen-bond donors (Lipinski definition) is 4. The van der Waals surface area contributed by atoms with E-state index in [0.29, 0.717) is 4.57 Å². The lowest BCUT2D eigenvalue weighted by molar-refractivity contribution is -0.142. The molecule has 2 rings (SSSR count). The Morgan fingerprint density at radius 1 is 1.39 bits per heavy atom. The largest absolute Gasteiger partial charge is 0.481 e. The number of aliphatic carboxylic acids is 1. The molecule has 3 atom stereocenters. The van der Waals surface area contributed by atoms with Crippen molar-refractivity contribution in [1.82, 2.24) is 9.55 Å². The van der Waals surface area contributed by atoms with Crippen LogP contribution in [0.15, 0.2) is 17.1 Å². The maximum Gasteiger partial charge on any atom is 0.351 e. The zero-order valence-electron chi connectivity index (χ0n) is 15.8. The Hall–Kier alpha value is -2.11. The molecule has 0 amide bonds. The third-order valence-corrected chi connectivity index (χ3v) is 4.29. The maximum absolute atomic E-state index is 13.7. The van der Waals surface area contributed by atoms with E-state index in [9.17, 15) is 23.5 Å². The number of rotatable bonds is 7. The first-order valence-corrected chi connectivity index (χ1v) is 8.99. The number of hydrogen-bond acceptors (Lipinski definition) is 7. The number of halogens is 2. The molecule has 1 aromatic heterocycles. The summed E-state index contributed by atoms with van der Waals surface area (Å²) >= 11 is 0. The van der Waals surface area contributed by atoms with E-state index in [2.05, 4.69) is 4.98 Å². The standard InChI is InChI=1S/C9H11F2N3O4.C8H16O2/c10-9(11)6(16)4(3-15)18-7(9)14-2-1-5(12)13-8(14)17;1-3-5-7(6-4-2)8(9)10/h1-2,4,6-7,15-16H,3H2,(H2,12,13,17);7H,3-6H2,1-2H3,(H,9,10)/t4-,6-,7-;/m1./s1. The molecular weight excluding hydrogens is 380 g/mol. The zero-order chi connectivity index (χ0) is 21.5. The van der Waals surface area contributed by atoms with Gasteiger partial charge in [-0.3, -0.25) is 9.36 Å². The van der Waals surface area contributed by atoms with Crippen molar-refractivity contribution < 1.29 is 33.6 Å². The van der Waals surface area contributed by atoms with Crippen LogP contribution in [0.3, 0.4) is 0 Å². The van der Waals surface area contributed by atoms with Gasteiger partial charge in [-0.15, -0.1) is 0 Å². The van der Waals surface area contributed by atoms with Gasteiger partial charge in [0.05, 0.1) is 12.5 Å². The van der Waals surface area contributed by atoms with Crippen molar-refractivity contribution >= 4 is 11.8 Å². The van der Waals surface area contributed by atoms with Crippen molar-refractivity contribution in [2.24, 2.45) is 5.92 Å². The average Bonchev–Trinajstić information content (AvgIpc) is 2.85. The summed E-state index contributed by atoms with van der Waals surface area (Å²) in [5.41, 5.74) is 4.21. The molecule has 160 valence electrons. The average molecular weight is 407 g/mol. The summed E-state index contributed by atoms with van der Waals surface area (Å²) in [5.74, 6) is -4.56. The lowest BCUT2D eigenvalue weighted by Crippen LogP contribution is -2.41. The summed E-state index contributed by atoms with van der Waals surface area (Å²) < 4.78 is 32.7. The van der Waals surface area contributed by atoms with E-state index in [1.807, 2.05) is 13.8 Å². The van der Waals surface area contributed by atoms with Crippen LogP contribution in [0.4, 0.5) is 14.6 Å². The molecule has 28 heavy (non-hydrogen) atoms. The molecule has 0 aliphatic carbocycles. The number of aromatic nitrogens is 2. The molecule has 0 radical (unpaired) electrons. The van der Waals surface area contributed by atoms with Crippen molar-refractivity contribution in [3.8, 4) is 0 Å². The number of alkyl halides is 2. The highest BCUT2D eigenvalue weighted by atomic mass is 19.3. The number of nitrogens with two attached hydrogens (primary N) is 1. The summed E-state index contributed by atoms with van der Waals surface area (Å²) in [4.78, 5) is 25.2. The van der Waals surface area contributed by atoms with Crippen LogP contribution in [-0.2, 0) is 9.53 Å². The monoisotopic (exact) mass is 407 g/mol. The van der Waals surface area contributed by atoms with E-state index in [1.54, 1.807) is 0 Å². The van der Waals surface area contributed by atoms with Gasteiger partial charge in [0.2, 0.25) is 6.23 Å². The first kappa shape index (κ1) is 23.9. The molecule has 2 heterocycles. The Morgan fingerprint density at radius 3 is 2.36 bits per heavy atom. The molecule has 1 fully saturated rings. The lowest BCUT2D eigenvalue weighted by atomic mass is 9.99. The van der Waals surface area contributed by atoms with Crippen molar-refractivity contribution in [3.05, 3.63) is 22.7 Å². The highest BCUT2D eigenvalue weighted by Crippen LogP contribution is 2.41. The number of carbonyl (C=O) groups is 1. The fourth-order valence-corrected chi connectivity index (χ4v) is 2.81. The van der Waals surface area contributed by atoms with E-state index in [-0.39, 0.29) is 11.7 Å². The van der Waals surface area contributed by atoms with Crippen LogP contribution in [0, 0.1) is 5.92 Å². The molecule has 1 saturated heterocycles. The fraction of sp³-hybridized carbons (Fsp3) is 0.706. The molecule has 5 N–H and O–H groups in total. The van der Waals surface area contributed by atoms with Gasteiger partial charge in [0.1, 0.15) is 11.9 Å². The van der Waals surface area contributed by atoms with Gasteiger partial charge in [0, 0.05) is 6.20 Å². The van der Waals surface area contributed by atoms with Crippen molar-refractivity contribution in [3.63, 3.8) is 0 Å². The number of nitrogen functional groups attached to an aromatic ring is 1. The number of ether oxygens (including phenoxy) is 1. The van der Waals surface area contributed by atoms with E-state index >= 15 is 0 Å². The highest BCUT2D eigenvalue weighted by Gasteiger charge is 2.59. The van der Waals surface area contributed by atoms with Gasteiger partial charge < -0.3 is 25.8 Å². The molecule has 0 spiro atoms. The number of aliphatic hydroxyl groups excluding tert-OH is 2. The van der Waals surface area contributed by atoms with Crippen LogP contribution in [0.5, 0.6) is 0 Å². The number of anilines is 1. The van der Waals surface area contributed by atoms with Crippen molar-refractivity contribution in [2.75, 3.05) is 12.3 Å². The van der Waals surface area contributed by atoms with E-state index < -0.39 is 42.6 Å². The second kappa shape index (κ2) is 10.4. The Bertz CT molecular complexity index is 694. The normalized spacial score (nSPS) is 23.3. The summed E-state index contributed by atoms with van der Waals surface area (Å²) in [6, 6.07) is 1.15. The minimum atomic E-state index is -3.71. The summed E-state index contributed by atoms with van der Waals surface area (Å²) in [6.07, 6.45) is -1.10. The SMILES string of the molecule is CCCC(CCC)C(=O)O.Nc1ccn([C@@H]2O[C@H](CO)[C@@H](O)C2(F)F)c(=O)n1. The van der Waals surface area contributed by atoms with Gasteiger partial charge in [-0.05, 0) is 18.9 Å². The van der Waals surface area contributed by atoms with E-state index in [1.165, 1.54) is 0 Å². The van der Waals surface area contributed by atoms with E-state index in [0.717, 1.165) is 37.9 Å². The minimum absolute atomic E-state index is 0.102. The van der Waals surface area contributed by atoms with Crippen LogP contribution in [0.2, 0.25) is 0 Å². The predicted octanol–water partition coefficient (Wildman–Crippen LogP) is 0.999. The molecule has 0 unspecified atom stereocenters. The number of carboxylic acids is 1. The first-order valence-electron chi connectivity index (χ1n) is 8.99. The van der Waals surface area contributed by atoms with Crippen LogP contribution in [-0.4, -0.2) is 55.6 Å². The van der Waals surface area contributed by atoms with Gasteiger partial charge in [0.25, 0.3) is 0 Å². The molecular formula is C17H27F2N3O6. The minimum Gasteiger partial charge on any atom is -0.481 e. The summed E-state index contributed by atoms with van der Waals surface area (Å²) in [7, 11) is 0. The maximum atomic E-state index is 13.7. The predicted molar refractivity (Wildman–Crippen MR) is 95.8 cm³/mol. The molecule has 0 saturated carbocycles. The highest BCUT2D eigenvalue weighted by molar-refractivity contribution is 5.69. The second-order valence-corrected chi connectivity index (χ2v) is 6.48. The Kier molecular flexibility index (Phi) is 8.92. The number of carboxylic acid groups (broad SMARTS) is 1. The van der Waals surface area contributed by atoms with Gasteiger partial charge in [0.15, 0.2) is 6.10 Å². The third kappa shape index (κ3) is 5.69. The van der Waals surface area contributed by atoms with Gasteiger partial charge >= 0.3 is 17.6 Å². The number of nitrogens with zero attached hydrogens (tertiary/aromatic N) is 2. The molecule has 9 nitrogen and oxygen atoms in total. The van der Waals surface area contributed by atoms with Crippen molar-refractivity contribution in [2.45, 2.75) is 63.9 Å². The molecule has 0 aromatic carbocycles. The van der Waals surface area contributed by atoms with Crippen molar-refractivity contribution in [1.29, 1.82) is 0 Å². The first-order chi connectivity index (χ1) is 13.1. The summed E-state index contributed by atoms with van der Waals surface area (Å²) in [5, 5.41) is 26.7. The van der Waals surface area contributed by atoms with Crippen LogP contribution in [0.25, 0.3) is 0 Å². The summed E-state index contributed by atoms with van der Waals surface area (Å²) in [6.45, 7) is 3.25. The van der Waals surface area contributed by atoms with E-state index in [4.69, 9.17) is 20.7 Å². The van der Waals surface area contributed by atoms with Gasteiger partial charge in [-0.2, -0.15) is 13.8 Å².